The highest BCUT2D eigenvalue weighted by Crippen LogP contribution is 2.38. The van der Waals surface area contributed by atoms with E-state index in [1.807, 2.05) is 17.8 Å². The van der Waals surface area contributed by atoms with Crippen LogP contribution in [0.5, 0.6) is 0 Å². The van der Waals surface area contributed by atoms with Crippen LogP contribution in [0.1, 0.15) is 56.1 Å². The molecule has 6 rings (SSSR count). The zero-order valence-electron chi connectivity index (χ0n) is 19.7. The minimum Gasteiger partial charge on any atom is -0.355 e. The molecule has 176 valence electrons. The molecule has 0 aromatic carbocycles. The maximum absolute atomic E-state index is 5.98. The van der Waals surface area contributed by atoms with E-state index in [0.29, 0.717) is 12.5 Å². The quantitative estimate of drug-likeness (QED) is 0.616. The predicted molar refractivity (Wildman–Crippen MR) is 137 cm³/mol. The van der Waals surface area contributed by atoms with Gasteiger partial charge in [0, 0.05) is 37.1 Å². The van der Waals surface area contributed by atoms with Gasteiger partial charge in [-0.1, -0.05) is 13.8 Å². The molecule has 1 saturated heterocycles. The number of nitrogens with zero attached hydrogens (tertiary/aromatic N) is 7. The number of pyridine rings is 1. The van der Waals surface area contributed by atoms with Crippen LogP contribution < -0.4 is 15.5 Å². The highest BCUT2D eigenvalue weighted by molar-refractivity contribution is 7.13. The predicted octanol–water partition coefficient (Wildman–Crippen LogP) is 3.83. The molecule has 8 nitrogen and oxygen atoms in total. The maximum atomic E-state index is 5.98. The summed E-state index contributed by atoms with van der Waals surface area (Å²) >= 11 is 1.62. The first-order chi connectivity index (χ1) is 16.5. The molecule has 0 bridgehead atoms. The Kier molecular flexibility index (Phi) is 5.33. The highest BCUT2D eigenvalue weighted by atomic mass is 32.1. The molecule has 3 aliphatic heterocycles. The number of amidine groups is 1. The second-order valence-electron chi connectivity index (χ2n) is 9.94. The summed E-state index contributed by atoms with van der Waals surface area (Å²) in [6.45, 7) is 8.69. The van der Waals surface area contributed by atoms with E-state index in [-0.39, 0.29) is 5.41 Å². The van der Waals surface area contributed by atoms with E-state index < -0.39 is 0 Å². The maximum Gasteiger partial charge on any atom is 0.156 e. The van der Waals surface area contributed by atoms with Crippen molar-refractivity contribution in [3.8, 4) is 10.7 Å². The van der Waals surface area contributed by atoms with Gasteiger partial charge in [-0.15, -0.1) is 11.3 Å². The second-order valence-corrected chi connectivity index (χ2v) is 10.8. The summed E-state index contributed by atoms with van der Waals surface area (Å²) in [6, 6.07) is 4.23. The van der Waals surface area contributed by atoms with E-state index in [4.69, 9.17) is 25.7 Å². The number of nitrogens with two attached hydrogens (primary N) is 1. The van der Waals surface area contributed by atoms with E-state index in [0.717, 1.165) is 90.6 Å². The SMILES string of the molecule is C[C@H]1CCN(C2=NCc3nc(N4CCC(C)(CN)CC4)cnc32)c2ccc(-c3nccs3)nc21. The summed E-state index contributed by atoms with van der Waals surface area (Å²) < 4.78 is 0. The van der Waals surface area contributed by atoms with Gasteiger partial charge in [-0.25, -0.2) is 19.9 Å². The fourth-order valence-corrected chi connectivity index (χ4v) is 5.72. The van der Waals surface area contributed by atoms with Gasteiger partial charge in [0.25, 0.3) is 0 Å². The van der Waals surface area contributed by atoms with E-state index in [1.165, 1.54) is 0 Å². The molecule has 0 spiro atoms. The Labute approximate surface area is 204 Å². The van der Waals surface area contributed by atoms with Gasteiger partial charge in [0.2, 0.25) is 0 Å². The standard InChI is InChI=1S/C25H30N8S/c1-16-5-9-33(19-4-3-17(31-21(16)19)24-27-8-12-34-24)23-22-18(13-29-23)30-20(14-28-22)32-10-6-25(2,15-26)7-11-32/h3-4,8,12,14,16H,5-7,9-11,13,15,26H2,1-2H3/t16-/m0/s1. The third-order valence-corrected chi connectivity index (χ3v) is 8.36. The third-order valence-electron chi connectivity index (χ3n) is 7.56. The molecule has 0 saturated carbocycles. The summed E-state index contributed by atoms with van der Waals surface area (Å²) in [7, 11) is 0. The number of piperidine rings is 1. The van der Waals surface area contributed by atoms with Crippen LogP contribution in [0.4, 0.5) is 11.5 Å². The molecule has 3 aromatic rings. The van der Waals surface area contributed by atoms with Crippen molar-refractivity contribution in [2.45, 2.75) is 45.6 Å². The molecule has 0 radical (unpaired) electrons. The highest BCUT2D eigenvalue weighted by Gasteiger charge is 2.33. The molecule has 1 fully saturated rings. The zero-order valence-corrected chi connectivity index (χ0v) is 20.6. The third kappa shape index (κ3) is 3.67. The van der Waals surface area contributed by atoms with Gasteiger partial charge < -0.3 is 15.5 Å². The normalized spacial score (nSPS) is 21.3. The number of aromatic nitrogens is 4. The average molecular weight is 475 g/mol. The largest absolute Gasteiger partial charge is 0.355 e. The number of aliphatic imine (C=N–C) groups is 1. The van der Waals surface area contributed by atoms with Crippen LogP contribution in [-0.2, 0) is 6.54 Å². The monoisotopic (exact) mass is 474 g/mol. The van der Waals surface area contributed by atoms with Crippen molar-refractivity contribution in [3.63, 3.8) is 0 Å². The lowest BCUT2D eigenvalue weighted by Crippen LogP contribution is -2.42. The van der Waals surface area contributed by atoms with Gasteiger partial charge in [0.05, 0.1) is 35.5 Å². The van der Waals surface area contributed by atoms with Crippen LogP contribution in [0.15, 0.2) is 34.9 Å². The van der Waals surface area contributed by atoms with Crippen LogP contribution in [0.25, 0.3) is 10.7 Å². The molecule has 0 unspecified atom stereocenters. The van der Waals surface area contributed by atoms with E-state index in [9.17, 15) is 0 Å². The summed E-state index contributed by atoms with van der Waals surface area (Å²) in [4.78, 5) is 28.8. The van der Waals surface area contributed by atoms with Crippen molar-refractivity contribution < 1.29 is 0 Å². The molecule has 6 heterocycles. The minimum atomic E-state index is 0.239. The van der Waals surface area contributed by atoms with Gasteiger partial charge in [-0.3, -0.25) is 4.99 Å². The second kappa shape index (κ2) is 8.39. The minimum absolute atomic E-state index is 0.239. The Hall–Kier alpha value is -2.91. The molecule has 9 heteroatoms. The van der Waals surface area contributed by atoms with Gasteiger partial charge in [0.15, 0.2) is 5.84 Å². The molecule has 1 atom stereocenters. The molecule has 0 aliphatic carbocycles. The summed E-state index contributed by atoms with van der Waals surface area (Å²) in [5, 5.41) is 2.95. The molecule has 3 aromatic heterocycles. The van der Waals surface area contributed by atoms with Crippen LogP contribution >= 0.6 is 11.3 Å². The van der Waals surface area contributed by atoms with Gasteiger partial charge >= 0.3 is 0 Å². The van der Waals surface area contributed by atoms with E-state index in [2.05, 4.69) is 40.8 Å². The molecule has 3 aliphatic rings. The molecule has 2 N–H and O–H groups in total. The Morgan fingerprint density at radius 1 is 1.15 bits per heavy atom. The van der Waals surface area contributed by atoms with Gasteiger partial charge in [0.1, 0.15) is 16.5 Å². The smallest absolute Gasteiger partial charge is 0.156 e. The van der Waals surface area contributed by atoms with Crippen molar-refractivity contribution >= 4 is 28.7 Å². The number of hydrogen-bond donors (Lipinski definition) is 1. The summed E-state index contributed by atoms with van der Waals surface area (Å²) in [6.07, 6.45) is 6.94. The van der Waals surface area contributed by atoms with Crippen molar-refractivity contribution in [1.29, 1.82) is 0 Å². The van der Waals surface area contributed by atoms with Crippen LogP contribution in [0.3, 0.4) is 0 Å². The number of hydrogen-bond acceptors (Lipinski definition) is 9. The number of fused-ring (bicyclic) bond motifs is 2. The van der Waals surface area contributed by atoms with E-state index in [1.54, 1.807) is 11.3 Å². The first-order valence-electron chi connectivity index (χ1n) is 12.1. The summed E-state index contributed by atoms with van der Waals surface area (Å²) in [5.41, 5.74) is 11.3. The van der Waals surface area contributed by atoms with Crippen molar-refractivity contribution in [1.82, 2.24) is 19.9 Å². The van der Waals surface area contributed by atoms with Crippen molar-refractivity contribution in [2.24, 2.45) is 16.1 Å². The number of rotatable bonds is 3. The molecular formula is C25H30N8S. The Balaban J connectivity index is 1.26. The van der Waals surface area contributed by atoms with Crippen LogP contribution in [0.2, 0.25) is 0 Å². The first kappa shape index (κ1) is 21.6. The summed E-state index contributed by atoms with van der Waals surface area (Å²) in [5.74, 6) is 2.26. The van der Waals surface area contributed by atoms with Crippen molar-refractivity contribution in [3.05, 3.63) is 47.0 Å². The Morgan fingerprint density at radius 3 is 2.76 bits per heavy atom. The fraction of sp³-hybridized carbons (Fsp3) is 0.480. The average Bonchev–Trinajstić information content (AvgIpc) is 3.55. The topological polar surface area (TPSA) is 96.4 Å². The van der Waals surface area contributed by atoms with Gasteiger partial charge in [-0.05, 0) is 43.4 Å². The fourth-order valence-electron chi connectivity index (χ4n) is 5.11. The Morgan fingerprint density at radius 2 is 2.00 bits per heavy atom. The molecule has 0 amide bonds. The lowest BCUT2D eigenvalue weighted by atomic mass is 9.80. The number of thiazole rings is 1. The van der Waals surface area contributed by atoms with Crippen molar-refractivity contribution in [2.75, 3.05) is 36.0 Å². The lowest BCUT2D eigenvalue weighted by Gasteiger charge is -2.39. The molecular weight excluding hydrogens is 444 g/mol. The first-order valence-corrected chi connectivity index (χ1v) is 13.0. The van der Waals surface area contributed by atoms with Crippen LogP contribution in [-0.4, -0.2) is 52.0 Å². The number of anilines is 2. The van der Waals surface area contributed by atoms with E-state index >= 15 is 0 Å². The van der Waals surface area contributed by atoms with Crippen LogP contribution in [0, 0.1) is 5.41 Å². The molecule has 34 heavy (non-hydrogen) atoms. The zero-order chi connectivity index (χ0) is 23.3. The Bertz CT molecular complexity index is 1230. The lowest BCUT2D eigenvalue weighted by molar-refractivity contribution is 0.258. The van der Waals surface area contributed by atoms with Gasteiger partial charge in [-0.2, -0.15) is 0 Å².